The Morgan fingerprint density at radius 2 is 2.18 bits per heavy atom. The van der Waals surface area contributed by atoms with Crippen LogP contribution in [0, 0.1) is 6.92 Å². The lowest BCUT2D eigenvalue weighted by molar-refractivity contribution is 0.276. The number of methoxy groups -OCH3 is 1. The number of nitrogens with zero attached hydrogens (tertiary/aromatic N) is 1. The first-order chi connectivity index (χ1) is 8.22. The average molecular weight is 235 g/mol. The zero-order valence-electron chi connectivity index (χ0n) is 9.64. The second kappa shape index (κ2) is 4.88. The van der Waals surface area contributed by atoms with E-state index in [4.69, 9.17) is 19.0 Å². The molecule has 5 heteroatoms. The molecule has 90 valence electrons. The largest absolute Gasteiger partial charge is 0.493 e. The van der Waals surface area contributed by atoms with E-state index in [0.717, 1.165) is 5.56 Å². The van der Waals surface area contributed by atoms with E-state index in [9.17, 15) is 0 Å². The molecule has 17 heavy (non-hydrogen) atoms. The van der Waals surface area contributed by atoms with Crippen LogP contribution in [0.2, 0.25) is 0 Å². The molecule has 0 aliphatic carbocycles. The highest BCUT2D eigenvalue weighted by Crippen LogP contribution is 2.31. The number of aliphatic hydroxyl groups is 1. The van der Waals surface area contributed by atoms with Crippen LogP contribution in [0.1, 0.15) is 11.3 Å². The van der Waals surface area contributed by atoms with Gasteiger partial charge in [0.2, 0.25) is 0 Å². The van der Waals surface area contributed by atoms with Crippen LogP contribution < -0.4 is 9.47 Å². The molecule has 0 spiro atoms. The summed E-state index contributed by atoms with van der Waals surface area (Å²) in [6.45, 7) is 1.78. The number of rotatable bonds is 4. The van der Waals surface area contributed by atoms with Crippen molar-refractivity contribution < 1.29 is 19.0 Å². The normalized spacial score (nSPS) is 10.3. The summed E-state index contributed by atoms with van der Waals surface area (Å²) in [4.78, 5) is 3.93. The van der Waals surface area contributed by atoms with E-state index >= 15 is 0 Å². The number of aryl methyl sites for hydroxylation is 1. The van der Waals surface area contributed by atoms with Gasteiger partial charge in [0, 0.05) is 0 Å². The van der Waals surface area contributed by atoms with Crippen LogP contribution in [0.15, 0.2) is 28.9 Å². The Morgan fingerprint density at radius 3 is 2.82 bits per heavy atom. The van der Waals surface area contributed by atoms with Crippen LogP contribution >= 0.6 is 0 Å². The van der Waals surface area contributed by atoms with Crippen LogP contribution in [0.25, 0.3) is 0 Å². The van der Waals surface area contributed by atoms with Gasteiger partial charge in [0.1, 0.15) is 12.0 Å². The summed E-state index contributed by atoms with van der Waals surface area (Å²) in [5, 5.41) is 8.85. The summed E-state index contributed by atoms with van der Waals surface area (Å²) >= 11 is 0. The highest BCUT2D eigenvalue weighted by Gasteiger charge is 2.10. The van der Waals surface area contributed by atoms with Crippen LogP contribution in [0.5, 0.6) is 17.6 Å². The van der Waals surface area contributed by atoms with E-state index in [1.165, 1.54) is 6.26 Å². The molecule has 0 amide bonds. The molecule has 0 atom stereocenters. The predicted octanol–water partition coefficient (Wildman–Crippen LogP) is 2.28. The van der Waals surface area contributed by atoms with Crippen LogP contribution in [-0.4, -0.2) is 17.2 Å². The minimum atomic E-state index is -0.183. The number of hydrogen-bond donors (Lipinski definition) is 1. The number of benzene rings is 1. The van der Waals surface area contributed by atoms with Gasteiger partial charge < -0.3 is 19.0 Å². The van der Waals surface area contributed by atoms with Crippen molar-refractivity contribution in [1.29, 1.82) is 0 Å². The van der Waals surface area contributed by atoms with E-state index in [1.807, 2.05) is 19.1 Å². The Labute approximate surface area is 98.6 Å². The first kappa shape index (κ1) is 11.5. The first-order valence-corrected chi connectivity index (χ1v) is 5.10. The molecule has 0 fully saturated rings. The predicted molar refractivity (Wildman–Crippen MR) is 60.2 cm³/mol. The number of aliphatic hydroxyl groups excluding tert-OH is 1. The van der Waals surface area contributed by atoms with Crippen molar-refractivity contribution >= 4 is 0 Å². The third-order valence-electron chi connectivity index (χ3n) is 2.21. The van der Waals surface area contributed by atoms with Crippen LogP contribution in [-0.2, 0) is 6.61 Å². The van der Waals surface area contributed by atoms with Crippen molar-refractivity contribution in [3.05, 3.63) is 35.7 Å². The van der Waals surface area contributed by atoms with Crippen molar-refractivity contribution in [2.45, 2.75) is 13.5 Å². The van der Waals surface area contributed by atoms with E-state index in [-0.39, 0.29) is 12.7 Å². The van der Waals surface area contributed by atoms with Crippen molar-refractivity contribution in [2.75, 3.05) is 7.11 Å². The fourth-order valence-corrected chi connectivity index (χ4v) is 1.36. The smallest absolute Gasteiger partial charge is 0.399 e. The lowest BCUT2D eigenvalue weighted by atomic mass is 10.2. The average Bonchev–Trinajstić information content (AvgIpc) is 2.79. The lowest BCUT2D eigenvalue weighted by Gasteiger charge is -2.07. The molecule has 0 unspecified atom stereocenters. The molecular weight excluding hydrogens is 222 g/mol. The fourth-order valence-electron chi connectivity index (χ4n) is 1.36. The molecule has 0 aliphatic rings. The molecule has 1 N–H and O–H groups in total. The number of hydrogen-bond acceptors (Lipinski definition) is 5. The van der Waals surface area contributed by atoms with Crippen molar-refractivity contribution in [3.8, 4) is 17.6 Å². The Morgan fingerprint density at radius 1 is 1.35 bits per heavy atom. The SMILES string of the molecule is COc1cc(C)ccc1Oc1nc(CO)co1. The third-order valence-corrected chi connectivity index (χ3v) is 2.21. The molecule has 0 saturated heterocycles. The Balaban J connectivity index is 2.23. The van der Waals surface area contributed by atoms with E-state index in [1.54, 1.807) is 13.2 Å². The van der Waals surface area contributed by atoms with Crippen molar-refractivity contribution in [2.24, 2.45) is 0 Å². The van der Waals surface area contributed by atoms with Gasteiger partial charge >= 0.3 is 6.08 Å². The molecule has 1 aromatic heterocycles. The zero-order valence-corrected chi connectivity index (χ0v) is 9.64. The molecule has 0 bridgehead atoms. The summed E-state index contributed by atoms with van der Waals surface area (Å²) in [6, 6.07) is 5.52. The summed E-state index contributed by atoms with van der Waals surface area (Å²) in [6.07, 6.45) is 1.42. The van der Waals surface area contributed by atoms with Gasteiger partial charge in [0.15, 0.2) is 11.5 Å². The lowest BCUT2D eigenvalue weighted by Crippen LogP contribution is -1.91. The summed E-state index contributed by atoms with van der Waals surface area (Å²) in [5.41, 5.74) is 1.49. The maximum absolute atomic E-state index is 8.85. The molecule has 2 rings (SSSR count). The minimum Gasteiger partial charge on any atom is -0.493 e. The molecule has 5 nitrogen and oxygen atoms in total. The second-order valence-electron chi connectivity index (χ2n) is 3.52. The summed E-state index contributed by atoms with van der Waals surface area (Å²) in [5.74, 6) is 1.12. The standard InChI is InChI=1S/C12H13NO4/c1-8-3-4-10(11(5-8)15-2)17-12-13-9(6-14)7-16-12/h3-5,7,14H,6H2,1-2H3. The Bertz CT molecular complexity index is 507. The molecule has 1 heterocycles. The van der Waals surface area contributed by atoms with Crippen molar-refractivity contribution in [1.82, 2.24) is 4.98 Å². The first-order valence-electron chi connectivity index (χ1n) is 5.10. The van der Waals surface area contributed by atoms with Crippen LogP contribution in [0.4, 0.5) is 0 Å². The van der Waals surface area contributed by atoms with Crippen LogP contribution in [0.3, 0.4) is 0 Å². The van der Waals surface area contributed by atoms with Gasteiger partial charge in [0.05, 0.1) is 13.7 Å². The van der Waals surface area contributed by atoms with Crippen molar-refractivity contribution in [3.63, 3.8) is 0 Å². The molecule has 1 aromatic carbocycles. The number of aromatic nitrogens is 1. The van der Waals surface area contributed by atoms with E-state index in [0.29, 0.717) is 17.2 Å². The van der Waals surface area contributed by atoms with Gasteiger partial charge in [-0.2, -0.15) is 4.98 Å². The number of oxazole rings is 1. The topological polar surface area (TPSA) is 64.7 Å². The Kier molecular flexibility index (Phi) is 3.30. The van der Waals surface area contributed by atoms with E-state index < -0.39 is 0 Å². The van der Waals surface area contributed by atoms with E-state index in [2.05, 4.69) is 4.98 Å². The summed E-state index contributed by atoms with van der Waals surface area (Å²) < 4.78 is 15.7. The van der Waals surface area contributed by atoms with Gasteiger partial charge in [-0.1, -0.05) is 6.07 Å². The monoisotopic (exact) mass is 235 g/mol. The Hall–Kier alpha value is -2.01. The fraction of sp³-hybridized carbons (Fsp3) is 0.250. The molecule has 0 saturated carbocycles. The maximum Gasteiger partial charge on any atom is 0.399 e. The van der Waals surface area contributed by atoms with Gasteiger partial charge in [-0.3, -0.25) is 0 Å². The van der Waals surface area contributed by atoms with Gasteiger partial charge in [-0.05, 0) is 24.6 Å². The molecule has 0 aliphatic heterocycles. The summed E-state index contributed by atoms with van der Waals surface area (Å²) in [7, 11) is 1.57. The molecule has 0 radical (unpaired) electrons. The molecule has 2 aromatic rings. The zero-order chi connectivity index (χ0) is 12.3. The highest BCUT2D eigenvalue weighted by atomic mass is 16.6. The van der Waals surface area contributed by atoms with Gasteiger partial charge in [0.25, 0.3) is 0 Å². The quantitative estimate of drug-likeness (QED) is 0.880. The second-order valence-corrected chi connectivity index (χ2v) is 3.52. The number of ether oxygens (including phenoxy) is 2. The third kappa shape index (κ3) is 2.57. The minimum absolute atomic E-state index is 0.0798. The molecular formula is C12H13NO4. The van der Waals surface area contributed by atoms with Gasteiger partial charge in [-0.15, -0.1) is 0 Å². The highest BCUT2D eigenvalue weighted by molar-refractivity contribution is 5.43. The van der Waals surface area contributed by atoms with Gasteiger partial charge in [-0.25, -0.2) is 0 Å². The maximum atomic E-state index is 8.85.